The van der Waals surface area contributed by atoms with E-state index in [1.807, 2.05) is 47.5 Å². The zero-order valence-corrected chi connectivity index (χ0v) is 11.5. The van der Waals surface area contributed by atoms with Gasteiger partial charge in [0.15, 0.2) is 5.84 Å². The minimum Gasteiger partial charge on any atom is -0.287 e. The summed E-state index contributed by atoms with van der Waals surface area (Å²) >= 11 is 0. The van der Waals surface area contributed by atoms with Gasteiger partial charge in [-0.3, -0.25) is 9.84 Å². The lowest BCUT2D eigenvalue weighted by Gasteiger charge is -2.38. The highest BCUT2D eigenvalue weighted by Gasteiger charge is 2.35. The molecule has 0 spiro atoms. The molecule has 2 aromatic rings. The zero-order valence-electron chi connectivity index (χ0n) is 11.5. The molecule has 0 radical (unpaired) electrons. The van der Waals surface area contributed by atoms with E-state index >= 15 is 0 Å². The van der Waals surface area contributed by atoms with Crippen LogP contribution in [-0.4, -0.2) is 33.2 Å². The van der Waals surface area contributed by atoms with Crippen molar-refractivity contribution < 1.29 is 4.94 Å². The van der Waals surface area contributed by atoms with Gasteiger partial charge in [-0.2, -0.15) is 0 Å². The predicted octanol–water partition coefficient (Wildman–Crippen LogP) is 1.77. The smallest absolute Gasteiger partial charge is 0.265 e. The Morgan fingerprint density at radius 3 is 2.64 bits per heavy atom. The molecule has 7 nitrogen and oxygen atoms in total. The molecular formula is C15H12N6O. The molecule has 1 atom stereocenters. The molecule has 0 amide bonds. The Morgan fingerprint density at radius 2 is 1.82 bits per heavy atom. The average Bonchev–Trinajstić information content (AvgIpc) is 2.62. The van der Waals surface area contributed by atoms with Gasteiger partial charge in [-0.05, 0) is 17.3 Å². The Hall–Kier alpha value is -3.22. The number of hydroxylamine groups is 1. The third-order valence-corrected chi connectivity index (χ3v) is 3.25. The average molecular weight is 292 g/mol. The molecule has 2 aliphatic rings. The van der Waals surface area contributed by atoms with Gasteiger partial charge in [0.2, 0.25) is 6.29 Å². The highest BCUT2D eigenvalue weighted by Crippen LogP contribution is 2.24. The number of hydrogen-bond donors (Lipinski definition) is 0. The minimum atomic E-state index is -0.430. The van der Waals surface area contributed by atoms with Crippen LogP contribution in [0.3, 0.4) is 0 Å². The molecular weight excluding hydrogens is 280 g/mol. The molecule has 22 heavy (non-hydrogen) atoms. The van der Waals surface area contributed by atoms with E-state index in [4.69, 9.17) is 4.94 Å². The minimum absolute atomic E-state index is 0.404. The van der Waals surface area contributed by atoms with Gasteiger partial charge in [0.05, 0.1) is 0 Å². The van der Waals surface area contributed by atoms with Crippen LogP contribution >= 0.6 is 0 Å². The fourth-order valence-electron chi connectivity index (χ4n) is 2.27. The number of aliphatic imine (C=N–C) groups is 1. The lowest BCUT2D eigenvalue weighted by molar-refractivity contribution is 0.0422. The normalized spacial score (nSPS) is 19.5. The summed E-state index contributed by atoms with van der Waals surface area (Å²) in [5.41, 5.74) is 0.947. The number of benzene rings is 1. The van der Waals surface area contributed by atoms with Gasteiger partial charge in [-0.1, -0.05) is 30.3 Å². The first-order valence-corrected chi connectivity index (χ1v) is 6.78. The molecule has 0 saturated heterocycles. The Kier molecular flexibility index (Phi) is 3.01. The van der Waals surface area contributed by atoms with E-state index in [-0.39, 0.29) is 0 Å². The SMILES string of the molecule is C1=CN2C(c3ccccc3)=NON(c3ncccn3)C2N=C1. The Bertz CT molecular complexity index is 743. The number of hydrogen-bond acceptors (Lipinski definition) is 7. The van der Waals surface area contributed by atoms with Crippen molar-refractivity contribution in [1.29, 1.82) is 0 Å². The number of oxime groups is 1. The second-order valence-electron chi connectivity index (χ2n) is 4.63. The molecule has 1 unspecified atom stereocenters. The van der Waals surface area contributed by atoms with Crippen molar-refractivity contribution in [3.8, 4) is 0 Å². The van der Waals surface area contributed by atoms with Gasteiger partial charge in [0, 0.05) is 30.4 Å². The number of fused-ring (bicyclic) bond motifs is 1. The van der Waals surface area contributed by atoms with Crippen molar-refractivity contribution in [3.63, 3.8) is 0 Å². The van der Waals surface area contributed by atoms with E-state index in [1.54, 1.807) is 24.7 Å². The number of allylic oxidation sites excluding steroid dienone is 1. The van der Waals surface area contributed by atoms with E-state index in [0.717, 1.165) is 5.56 Å². The van der Waals surface area contributed by atoms with E-state index in [1.165, 1.54) is 5.06 Å². The molecule has 0 fully saturated rings. The van der Waals surface area contributed by atoms with E-state index in [9.17, 15) is 0 Å². The van der Waals surface area contributed by atoms with Crippen LogP contribution in [0.4, 0.5) is 5.95 Å². The molecule has 0 bridgehead atoms. The molecule has 0 aliphatic carbocycles. The maximum atomic E-state index is 5.51. The van der Waals surface area contributed by atoms with Crippen LogP contribution < -0.4 is 5.06 Å². The number of anilines is 1. The molecule has 0 saturated carbocycles. The fourth-order valence-corrected chi connectivity index (χ4v) is 2.27. The summed E-state index contributed by atoms with van der Waals surface area (Å²) in [5, 5.41) is 5.67. The van der Waals surface area contributed by atoms with Crippen molar-refractivity contribution in [2.75, 3.05) is 5.06 Å². The molecule has 2 aliphatic heterocycles. The first kappa shape index (κ1) is 12.5. The molecule has 0 N–H and O–H groups in total. The highest BCUT2D eigenvalue weighted by molar-refractivity contribution is 6.00. The summed E-state index contributed by atoms with van der Waals surface area (Å²) in [4.78, 5) is 20.2. The third-order valence-electron chi connectivity index (χ3n) is 3.25. The summed E-state index contributed by atoms with van der Waals surface area (Å²) in [7, 11) is 0. The van der Waals surface area contributed by atoms with E-state index in [0.29, 0.717) is 11.8 Å². The quantitative estimate of drug-likeness (QED) is 0.844. The first-order valence-electron chi connectivity index (χ1n) is 6.78. The number of amidine groups is 1. The van der Waals surface area contributed by atoms with Crippen LogP contribution in [0.15, 0.2) is 71.2 Å². The molecule has 4 rings (SSSR count). The van der Waals surface area contributed by atoms with Gasteiger partial charge >= 0.3 is 0 Å². The van der Waals surface area contributed by atoms with Crippen LogP contribution in [0, 0.1) is 0 Å². The van der Waals surface area contributed by atoms with Crippen molar-refractivity contribution in [2.24, 2.45) is 10.1 Å². The van der Waals surface area contributed by atoms with Crippen molar-refractivity contribution in [2.45, 2.75) is 6.29 Å². The van der Waals surface area contributed by atoms with E-state index in [2.05, 4.69) is 20.1 Å². The number of nitrogens with zero attached hydrogens (tertiary/aromatic N) is 6. The number of rotatable bonds is 2. The van der Waals surface area contributed by atoms with Crippen molar-refractivity contribution in [3.05, 3.63) is 66.6 Å². The second-order valence-corrected chi connectivity index (χ2v) is 4.63. The molecule has 108 valence electrons. The van der Waals surface area contributed by atoms with Gasteiger partial charge in [0.25, 0.3) is 5.95 Å². The standard InChI is InChI=1S/C15H12N6O/c1-2-6-12(7-3-1)13-19-22-21(14-16-8-4-9-17-14)15-18-10-5-11-20(13)15/h1-11,15H. The number of aromatic nitrogens is 2. The van der Waals surface area contributed by atoms with Crippen LogP contribution in [0.25, 0.3) is 0 Å². The van der Waals surface area contributed by atoms with Crippen molar-refractivity contribution in [1.82, 2.24) is 14.9 Å². The topological polar surface area (TPSA) is 66.2 Å². The summed E-state index contributed by atoms with van der Waals surface area (Å²) in [6, 6.07) is 11.6. The zero-order chi connectivity index (χ0) is 14.8. The molecule has 7 heteroatoms. The van der Waals surface area contributed by atoms with Gasteiger partial charge in [0.1, 0.15) is 0 Å². The summed E-state index contributed by atoms with van der Waals surface area (Å²) in [5.74, 6) is 1.09. The molecule has 3 heterocycles. The largest absolute Gasteiger partial charge is 0.287 e. The predicted molar refractivity (Wildman–Crippen MR) is 81.8 cm³/mol. The van der Waals surface area contributed by atoms with Crippen LogP contribution in [0.5, 0.6) is 0 Å². The van der Waals surface area contributed by atoms with E-state index < -0.39 is 6.29 Å². The van der Waals surface area contributed by atoms with Crippen LogP contribution in [-0.2, 0) is 4.94 Å². The molecule has 1 aromatic heterocycles. The van der Waals surface area contributed by atoms with Crippen molar-refractivity contribution >= 4 is 18.0 Å². The second kappa shape index (κ2) is 5.28. The highest BCUT2D eigenvalue weighted by atomic mass is 16.8. The summed E-state index contributed by atoms with van der Waals surface area (Å²) < 4.78 is 0. The fraction of sp³-hybridized carbons (Fsp3) is 0.0667. The van der Waals surface area contributed by atoms with Gasteiger partial charge in [-0.15, -0.1) is 5.06 Å². The lowest BCUT2D eigenvalue weighted by atomic mass is 10.2. The third kappa shape index (κ3) is 2.08. The lowest BCUT2D eigenvalue weighted by Crippen LogP contribution is -2.52. The maximum Gasteiger partial charge on any atom is 0.265 e. The van der Waals surface area contributed by atoms with Gasteiger partial charge < -0.3 is 0 Å². The Balaban J connectivity index is 1.75. The summed E-state index contributed by atoms with van der Waals surface area (Å²) in [6.07, 6.45) is 8.34. The van der Waals surface area contributed by atoms with Crippen LogP contribution in [0.1, 0.15) is 5.56 Å². The van der Waals surface area contributed by atoms with Gasteiger partial charge in [-0.25, -0.2) is 15.0 Å². The Morgan fingerprint density at radius 1 is 1.00 bits per heavy atom. The first-order chi connectivity index (χ1) is 10.9. The molecule has 1 aromatic carbocycles. The monoisotopic (exact) mass is 292 g/mol. The van der Waals surface area contributed by atoms with Crippen LogP contribution in [0.2, 0.25) is 0 Å². The Labute approximate surface area is 126 Å². The maximum absolute atomic E-state index is 5.51. The summed E-state index contributed by atoms with van der Waals surface area (Å²) in [6.45, 7) is 0.